The van der Waals surface area contributed by atoms with Crippen molar-refractivity contribution in [1.82, 2.24) is 4.90 Å². The Morgan fingerprint density at radius 1 is 0.974 bits per heavy atom. The van der Waals surface area contributed by atoms with Gasteiger partial charge in [0, 0.05) is 17.9 Å². The summed E-state index contributed by atoms with van der Waals surface area (Å²) in [4.78, 5) is 12.7. The number of hydrogen-bond acceptors (Lipinski definition) is 5. The smallest absolute Gasteiger partial charge is 0.407 e. The highest BCUT2D eigenvalue weighted by molar-refractivity contribution is 6.30. The van der Waals surface area contributed by atoms with Crippen molar-refractivity contribution in [3.63, 3.8) is 0 Å². The maximum atomic E-state index is 14.4. The number of benzene rings is 3. The summed E-state index contributed by atoms with van der Waals surface area (Å²) in [5.74, 6) is -0.412. The quantitative estimate of drug-likeness (QED) is 0.311. The molecular weight excluding hydrogens is 513 g/mol. The normalized spacial score (nSPS) is 19.3. The van der Waals surface area contributed by atoms with Crippen LogP contribution in [-0.2, 0) is 22.7 Å². The maximum Gasteiger partial charge on any atom is 0.407 e. The Kier molecular flexibility index (Phi) is 9.95. The van der Waals surface area contributed by atoms with E-state index in [4.69, 9.17) is 25.8 Å². The van der Waals surface area contributed by atoms with Crippen molar-refractivity contribution in [3.05, 3.63) is 100 Å². The van der Waals surface area contributed by atoms with Crippen LogP contribution in [0.1, 0.15) is 29.0 Å². The fraction of sp³-hybridized carbons (Fsp3) is 0.345. The topological polar surface area (TPSA) is 88.5 Å². The van der Waals surface area contributed by atoms with E-state index >= 15 is 0 Å². The Labute approximate surface area is 226 Å². The van der Waals surface area contributed by atoms with Crippen LogP contribution in [0.5, 0.6) is 5.75 Å². The molecule has 2 N–H and O–H groups in total. The van der Waals surface area contributed by atoms with Crippen molar-refractivity contribution < 1.29 is 33.6 Å². The molecular formula is C29H31ClFNO6. The molecule has 3 aromatic rings. The number of nitrogens with zero attached hydrogens (tertiary/aromatic N) is 1. The number of carboxylic acid groups (broad SMARTS) is 1. The zero-order valence-corrected chi connectivity index (χ0v) is 21.6. The fourth-order valence-corrected chi connectivity index (χ4v) is 4.69. The number of rotatable bonds is 11. The first-order valence-electron chi connectivity index (χ1n) is 12.5. The van der Waals surface area contributed by atoms with E-state index in [2.05, 4.69) is 0 Å². The molecule has 3 unspecified atom stereocenters. The second kappa shape index (κ2) is 13.6. The standard InChI is InChI=1S/C29H31ClFNO6/c30-24-9-4-8-22(28(24)31)19-38-26-17-32(29(34)35)16-25(33)27(26)21-10-12-23(13-11-21)37-15-5-14-36-18-20-6-2-1-3-7-20/h1-4,6-13,25-27,33H,5,14-19H2,(H,34,35). The Bertz CT molecular complexity index is 1180. The molecule has 0 radical (unpaired) electrons. The predicted molar refractivity (Wildman–Crippen MR) is 141 cm³/mol. The van der Waals surface area contributed by atoms with Crippen LogP contribution in [0.3, 0.4) is 0 Å². The van der Waals surface area contributed by atoms with Crippen molar-refractivity contribution >= 4 is 17.7 Å². The molecule has 1 aliphatic heterocycles. The lowest BCUT2D eigenvalue weighted by atomic mass is 9.84. The van der Waals surface area contributed by atoms with Gasteiger partial charge in [-0.25, -0.2) is 9.18 Å². The second-order valence-electron chi connectivity index (χ2n) is 9.15. The molecule has 0 saturated carbocycles. The third kappa shape index (κ3) is 7.45. The number of aliphatic hydroxyl groups is 1. The lowest BCUT2D eigenvalue weighted by molar-refractivity contribution is -0.0665. The van der Waals surface area contributed by atoms with Crippen LogP contribution in [-0.4, -0.2) is 59.7 Å². The van der Waals surface area contributed by atoms with Crippen LogP contribution < -0.4 is 4.74 Å². The van der Waals surface area contributed by atoms with E-state index in [1.165, 1.54) is 6.07 Å². The second-order valence-corrected chi connectivity index (χ2v) is 9.56. The molecule has 0 aromatic heterocycles. The Hall–Kier alpha value is -3.17. The lowest BCUT2D eigenvalue weighted by Crippen LogP contribution is -2.53. The molecule has 0 spiro atoms. The molecule has 1 heterocycles. The molecule has 38 heavy (non-hydrogen) atoms. The fourth-order valence-electron chi connectivity index (χ4n) is 4.50. The number of amides is 1. The molecule has 0 bridgehead atoms. The van der Waals surface area contributed by atoms with Crippen LogP contribution in [0.15, 0.2) is 72.8 Å². The van der Waals surface area contributed by atoms with Crippen LogP contribution in [0.25, 0.3) is 0 Å². The van der Waals surface area contributed by atoms with Gasteiger partial charge in [-0.15, -0.1) is 0 Å². The molecule has 1 aliphatic rings. The summed E-state index contributed by atoms with van der Waals surface area (Å²) < 4.78 is 31.8. The third-order valence-corrected chi connectivity index (χ3v) is 6.75. The minimum absolute atomic E-state index is 0.0168. The van der Waals surface area contributed by atoms with Crippen LogP contribution in [0, 0.1) is 5.82 Å². The molecule has 202 valence electrons. The number of carbonyl (C=O) groups is 1. The molecule has 7 nitrogen and oxygen atoms in total. The summed E-state index contributed by atoms with van der Waals surface area (Å²) in [5, 5.41) is 20.3. The Morgan fingerprint density at radius 2 is 1.74 bits per heavy atom. The average molecular weight is 544 g/mol. The van der Waals surface area contributed by atoms with Gasteiger partial charge in [0.25, 0.3) is 0 Å². The van der Waals surface area contributed by atoms with E-state index in [9.17, 15) is 19.4 Å². The van der Waals surface area contributed by atoms with Crippen molar-refractivity contribution in [3.8, 4) is 5.75 Å². The van der Waals surface area contributed by atoms with Crippen molar-refractivity contribution in [2.45, 2.75) is 37.8 Å². The highest BCUT2D eigenvalue weighted by Crippen LogP contribution is 2.33. The monoisotopic (exact) mass is 543 g/mol. The summed E-state index contributed by atoms with van der Waals surface area (Å²) in [6.07, 6.45) is -2.11. The number of aliphatic hydroxyl groups excluding tert-OH is 1. The minimum Gasteiger partial charge on any atom is -0.494 e. The van der Waals surface area contributed by atoms with Gasteiger partial charge in [-0.2, -0.15) is 0 Å². The molecule has 9 heteroatoms. The van der Waals surface area contributed by atoms with Gasteiger partial charge < -0.3 is 29.3 Å². The summed E-state index contributed by atoms with van der Waals surface area (Å²) in [7, 11) is 0. The van der Waals surface area contributed by atoms with Gasteiger partial charge in [0.2, 0.25) is 0 Å². The van der Waals surface area contributed by atoms with E-state index in [1.54, 1.807) is 12.1 Å². The number of halogens is 2. The maximum absolute atomic E-state index is 14.4. The van der Waals surface area contributed by atoms with E-state index in [1.807, 2.05) is 54.6 Å². The molecule has 1 saturated heterocycles. The van der Waals surface area contributed by atoms with Gasteiger partial charge >= 0.3 is 6.09 Å². The van der Waals surface area contributed by atoms with Gasteiger partial charge in [0.15, 0.2) is 0 Å². The van der Waals surface area contributed by atoms with Crippen LogP contribution in [0.4, 0.5) is 9.18 Å². The number of likely N-dealkylation sites (tertiary alicyclic amines) is 1. The zero-order chi connectivity index (χ0) is 26.9. The van der Waals surface area contributed by atoms with Gasteiger partial charge in [-0.1, -0.05) is 66.2 Å². The van der Waals surface area contributed by atoms with Gasteiger partial charge in [0.05, 0.1) is 56.7 Å². The number of ether oxygens (including phenoxy) is 3. The first kappa shape index (κ1) is 27.9. The highest BCUT2D eigenvalue weighted by Gasteiger charge is 2.39. The molecule has 3 atom stereocenters. The largest absolute Gasteiger partial charge is 0.494 e. The number of hydrogen-bond donors (Lipinski definition) is 2. The third-order valence-electron chi connectivity index (χ3n) is 6.46. The van der Waals surface area contributed by atoms with E-state index in [0.717, 1.165) is 22.4 Å². The Morgan fingerprint density at radius 3 is 2.47 bits per heavy atom. The molecule has 0 aliphatic carbocycles. The Balaban J connectivity index is 1.33. The van der Waals surface area contributed by atoms with E-state index in [0.29, 0.717) is 25.6 Å². The molecule has 1 amide bonds. The van der Waals surface area contributed by atoms with E-state index in [-0.39, 0.29) is 30.3 Å². The highest BCUT2D eigenvalue weighted by atomic mass is 35.5. The summed E-state index contributed by atoms with van der Waals surface area (Å²) >= 11 is 5.87. The van der Waals surface area contributed by atoms with Gasteiger partial charge in [0.1, 0.15) is 11.6 Å². The zero-order valence-electron chi connectivity index (χ0n) is 20.8. The first-order chi connectivity index (χ1) is 18.4. The van der Waals surface area contributed by atoms with Crippen molar-refractivity contribution in [2.24, 2.45) is 0 Å². The van der Waals surface area contributed by atoms with Crippen LogP contribution >= 0.6 is 11.6 Å². The molecule has 1 fully saturated rings. The SMILES string of the molecule is O=C(O)N1CC(O)C(c2ccc(OCCCOCc3ccccc3)cc2)C(OCc2cccc(Cl)c2F)C1. The van der Waals surface area contributed by atoms with E-state index < -0.39 is 30.0 Å². The average Bonchev–Trinajstić information content (AvgIpc) is 2.92. The minimum atomic E-state index is -1.15. The summed E-state index contributed by atoms with van der Waals surface area (Å²) in [6, 6.07) is 21.9. The molecule has 3 aromatic carbocycles. The summed E-state index contributed by atoms with van der Waals surface area (Å²) in [5.41, 5.74) is 2.16. The number of piperidine rings is 1. The van der Waals surface area contributed by atoms with Crippen LogP contribution in [0.2, 0.25) is 5.02 Å². The van der Waals surface area contributed by atoms with Crippen molar-refractivity contribution in [2.75, 3.05) is 26.3 Å². The first-order valence-corrected chi connectivity index (χ1v) is 12.8. The molecule has 4 rings (SSSR count). The van der Waals surface area contributed by atoms with Crippen molar-refractivity contribution in [1.29, 1.82) is 0 Å². The predicted octanol–water partition coefficient (Wildman–Crippen LogP) is 5.49. The number of β-amino-alcohol motifs (C(OH)–C–C–N with tert-alkyl or cyclic N) is 1. The lowest BCUT2D eigenvalue weighted by Gasteiger charge is -2.40. The summed E-state index contributed by atoms with van der Waals surface area (Å²) in [6.45, 7) is 1.51. The van der Waals surface area contributed by atoms with Gasteiger partial charge in [-0.05, 0) is 29.3 Å². The van der Waals surface area contributed by atoms with Gasteiger partial charge in [-0.3, -0.25) is 0 Å².